The van der Waals surface area contributed by atoms with E-state index >= 15 is 0 Å². The number of ether oxygens (including phenoxy) is 2. The van der Waals surface area contributed by atoms with Gasteiger partial charge in [0.05, 0.1) is 34.5 Å². The summed E-state index contributed by atoms with van der Waals surface area (Å²) in [7, 11) is -3.50. The van der Waals surface area contributed by atoms with Gasteiger partial charge in [0.15, 0.2) is 6.23 Å². The topological polar surface area (TPSA) is 107 Å². The maximum atomic E-state index is 12.9. The Labute approximate surface area is 248 Å². The maximum Gasteiger partial charge on any atom is 0.290 e. The van der Waals surface area contributed by atoms with Gasteiger partial charge in [-0.3, -0.25) is 4.79 Å². The lowest BCUT2D eigenvalue weighted by atomic mass is 10.1. The number of rotatable bonds is 7. The van der Waals surface area contributed by atoms with Crippen LogP contribution in [0.15, 0.2) is 52.4 Å². The number of hydrogen-bond acceptors (Lipinski definition) is 8. The van der Waals surface area contributed by atoms with Crippen LogP contribution >= 0.6 is 23.2 Å². The van der Waals surface area contributed by atoms with E-state index in [4.69, 9.17) is 32.7 Å². The molecule has 13 heteroatoms. The number of benzene rings is 1. The fraction of sp³-hybridized carbons (Fsp3) is 0.464. The molecule has 10 nitrogen and oxygen atoms in total. The summed E-state index contributed by atoms with van der Waals surface area (Å²) in [6.07, 6.45) is 7.75. The molecule has 3 aromatic rings. The summed E-state index contributed by atoms with van der Waals surface area (Å²) in [6, 6.07) is 8.48. The van der Waals surface area contributed by atoms with Gasteiger partial charge in [-0.25, -0.2) is 13.4 Å². The number of halogens is 2. The molecule has 0 radical (unpaired) electrons. The zero-order valence-electron chi connectivity index (χ0n) is 22.4. The zero-order chi connectivity index (χ0) is 28.6. The second-order valence-electron chi connectivity index (χ2n) is 10.5. The molecule has 3 saturated heterocycles. The number of sulfonamides is 1. The molecule has 5 heterocycles. The van der Waals surface area contributed by atoms with Gasteiger partial charge in [0.1, 0.15) is 11.1 Å². The molecule has 41 heavy (non-hydrogen) atoms. The molecule has 2 atom stereocenters. The van der Waals surface area contributed by atoms with Crippen molar-refractivity contribution in [2.45, 2.75) is 55.8 Å². The summed E-state index contributed by atoms with van der Waals surface area (Å²) in [5.74, 6) is 0.402. The van der Waals surface area contributed by atoms with Crippen molar-refractivity contribution in [2.24, 2.45) is 0 Å². The Morgan fingerprint density at radius 3 is 2.49 bits per heavy atom. The van der Waals surface area contributed by atoms with Crippen molar-refractivity contribution in [3.05, 3.63) is 63.1 Å². The minimum absolute atomic E-state index is 0.122. The van der Waals surface area contributed by atoms with Gasteiger partial charge in [0.25, 0.3) is 5.56 Å². The fourth-order valence-corrected chi connectivity index (χ4v) is 7.57. The van der Waals surface area contributed by atoms with Crippen LogP contribution in [0.1, 0.15) is 44.8 Å². The molecule has 218 valence electrons. The van der Waals surface area contributed by atoms with Crippen molar-refractivity contribution in [3.63, 3.8) is 0 Å². The highest BCUT2D eigenvalue weighted by molar-refractivity contribution is 7.89. The summed E-state index contributed by atoms with van der Waals surface area (Å²) >= 11 is 13.0. The van der Waals surface area contributed by atoms with E-state index in [9.17, 15) is 13.2 Å². The third-order valence-corrected chi connectivity index (χ3v) is 10.4. The first kappa shape index (κ1) is 28.4. The number of nitrogens with zero attached hydrogens (tertiary/aromatic N) is 5. The summed E-state index contributed by atoms with van der Waals surface area (Å²) in [5.41, 5.74) is 1.67. The second-order valence-corrected chi connectivity index (χ2v) is 13.3. The van der Waals surface area contributed by atoms with Crippen LogP contribution in [0.5, 0.6) is 5.88 Å². The van der Waals surface area contributed by atoms with Crippen LogP contribution in [0.4, 0.5) is 5.69 Å². The largest absolute Gasteiger partial charge is 0.472 e. The molecule has 3 aliphatic rings. The quantitative estimate of drug-likeness (QED) is 0.373. The van der Waals surface area contributed by atoms with E-state index in [0.717, 1.165) is 37.7 Å². The molecule has 0 bridgehead atoms. The molecule has 2 aromatic heterocycles. The predicted octanol–water partition coefficient (Wildman–Crippen LogP) is 4.75. The highest BCUT2D eigenvalue weighted by Gasteiger charge is 2.30. The van der Waals surface area contributed by atoms with Crippen LogP contribution < -0.4 is 15.2 Å². The molecule has 6 rings (SSSR count). The smallest absolute Gasteiger partial charge is 0.290 e. The van der Waals surface area contributed by atoms with Gasteiger partial charge in [-0.2, -0.15) is 14.1 Å². The minimum atomic E-state index is -3.50. The van der Waals surface area contributed by atoms with Crippen LogP contribution in [0.3, 0.4) is 0 Å². The molecule has 3 fully saturated rings. The minimum Gasteiger partial charge on any atom is -0.472 e. The van der Waals surface area contributed by atoms with Crippen LogP contribution in [-0.4, -0.2) is 66.4 Å². The van der Waals surface area contributed by atoms with Gasteiger partial charge in [-0.1, -0.05) is 35.3 Å². The van der Waals surface area contributed by atoms with Crippen LogP contribution in [0, 0.1) is 0 Å². The Bertz CT molecular complexity index is 1570. The highest BCUT2D eigenvalue weighted by atomic mass is 35.5. The Balaban J connectivity index is 1.14. The Morgan fingerprint density at radius 1 is 0.976 bits per heavy atom. The number of hydrogen-bond donors (Lipinski definition) is 0. The molecule has 0 N–H and O–H groups in total. The van der Waals surface area contributed by atoms with Gasteiger partial charge in [-0.05, 0) is 49.8 Å². The highest BCUT2D eigenvalue weighted by Crippen LogP contribution is 2.33. The van der Waals surface area contributed by atoms with Crippen LogP contribution in [0.2, 0.25) is 10.0 Å². The SMILES string of the molecule is O=c1c(Cl)c(N2CC[C@@H](Oc3cc(-c4ccc(S(=O)(=O)N5CCCC5)cc4)c(Cl)cn3)C2)cnn1C1CCCCO1. The van der Waals surface area contributed by atoms with Crippen molar-refractivity contribution >= 4 is 38.9 Å². The van der Waals surface area contributed by atoms with Gasteiger partial charge in [0, 0.05) is 44.3 Å². The van der Waals surface area contributed by atoms with Crippen molar-refractivity contribution in [1.82, 2.24) is 19.1 Å². The van der Waals surface area contributed by atoms with Crippen molar-refractivity contribution in [2.75, 3.05) is 37.7 Å². The molecule has 1 aromatic carbocycles. The lowest BCUT2D eigenvalue weighted by Gasteiger charge is -2.25. The summed E-state index contributed by atoms with van der Waals surface area (Å²) in [6.45, 7) is 2.87. The Morgan fingerprint density at radius 2 is 1.76 bits per heavy atom. The van der Waals surface area contributed by atoms with E-state index in [1.165, 1.54) is 15.2 Å². The number of anilines is 1. The molecule has 1 unspecified atom stereocenters. The van der Waals surface area contributed by atoms with E-state index in [0.29, 0.717) is 61.4 Å². The van der Waals surface area contributed by atoms with Gasteiger partial charge in [0.2, 0.25) is 15.9 Å². The monoisotopic (exact) mass is 619 g/mol. The van der Waals surface area contributed by atoms with Crippen molar-refractivity contribution in [3.8, 4) is 17.0 Å². The molecule has 0 saturated carbocycles. The average Bonchev–Trinajstić information content (AvgIpc) is 3.70. The Kier molecular flexibility index (Phi) is 8.24. The maximum absolute atomic E-state index is 12.9. The first-order valence-electron chi connectivity index (χ1n) is 13.9. The van der Waals surface area contributed by atoms with E-state index in [1.807, 2.05) is 4.90 Å². The first-order valence-corrected chi connectivity index (χ1v) is 16.1. The third kappa shape index (κ3) is 5.83. The van der Waals surface area contributed by atoms with E-state index in [2.05, 4.69) is 10.1 Å². The van der Waals surface area contributed by atoms with Gasteiger partial charge >= 0.3 is 0 Å². The van der Waals surface area contributed by atoms with Crippen LogP contribution in [0.25, 0.3) is 11.1 Å². The van der Waals surface area contributed by atoms with E-state index in [1.54, 1.807) is 36.5 Å². The van der Waals surface area contributed by atoms with E-state index in [-0.39, 0.29) is 27.8 Å². The van der Waals surface area contributed by atoms with Gasteiger partial charge < -0.3 is 14.4 Å². The Hall–Kier alpha value is -2.70. The molecule has 3 aliphatic heterocycles. The average molecular weight is 621 g/mol. The standard InChI is InChI=1S/C28H31Cl2N5O5S/c29-23-16-31-25(15-22(23)19-6-8-21(9-7-19)41(37,38)34-11-2-3-12-34)40-20-10-13-33(18-20)24-17-32-35(28(36)27(24)30)26-5-1-4-14-39-26/h6-9,15-17,20,26H,1-5,10-14,18H2/t20-,26?/m1/s1. The lowest BCUT2D eigenvalue weighted by Crippen LogP contribution is -2.33. The summed E-state index contributed by atoms with van der Waals surface area (Å²) in [5, 5.41) is 4.91. The molecule has 0 aliphatic carbocycles. The second kappa shape index (κ2) is 11.9. The fourth-order valence-electron chi connectivity index (χ4n) is 5.58. The molecular formula is C28H31Cl2N5O5S. The summed E-state index contributed by atoms with van der Waals surface area (Å²) in [4.78, 5) is 19.5. The van der Waals surface area contributed by atoms with Crippen LogP contribution in [-0.2, 0) is 14.8 Å². The molecule has 0 spiro atoms. The number of aromatic nitrogens is 3. The molecule has 0 amide bonds. The predicted molar refractivity (Wildman–Crippen MR) is 156 cm³/mol. The first-order chi connectivity index (χ1) is 19.8. The third-order valence-electron chi connectivity index (χ3n) is 7.83. The van der Waals surface area contributed by atoms with Crippen molar-refractivity contribution < 1.29 is 17.9 Å². The normalized spacial score (nSPS) is 21.9. The molecular weight excluding hydrogens is 589 g/mol. The van der Waals surface area contributed by atoms with Gasteiger partial charge in [-0.15, -0.1) is 0 Å². The zero-order valence-corrected chi connectivity index (χ0v) is 24.7. The lowest BCUT2D eigenvalue weighted by molar-refractivity contribution is -0.0424. The number of pyridine rings is 1. The van der Waals surface area contributed by atoms with Crippen molar-refractivity contribution in [1.29, 1.82) is 0 Å². The van der Waals surface area contributed by atoms with E-state index < -0.39 is 10.0 Å². The summed E-state index contributed by atoms with van der Waals surface area (Å²) < 4.78 is 40.5.